The minimum absolute atomic E-state index is 0.147. The SMILES string of the molecule is NC[C@@H]1C=CC=C[C@]1(CN)CC1CCC1. The Hall–Kier alpha value is -0.600. The number of rotatable bonds is 4. The van der Waals surface area contributed by atoms with Gasteiger partial charge in [0.15, 0.2) is 0 Å². The summed E-state index contributed by atoms with van der Waals surface area (Å²) in [5, 5.41) is 0. The average molecular weight is 206 g/mol. The topological polar surface area (TPSA) is 52.0 Å². The van der Waals surface area contributed by atoms with Gasteiger partial charge in [0.25, 0.3) is 0 Å². The molecule has 0 amide bonds. The van der Waals surface area contributed by atoms with Gasteiger partial charge in [-0.1, -0.05) is 43.6 Å². The third-order valence-electron chi connectivity index (χ3n) is 4.15. The van der Waals surface area contributed by atoms with Crippen molar-refractivity contribution < 1.29 is 0 Å². The van der Waals surface area contributed by atoms with Crippen LogP contribution in [0.2, 0.25) is 0 Å². The highest BCUT2D eigenvalue weighted by Gasteiger charge is 2.37. The Bertz CT molecular complexity index is 266. The summed E-state index contributed by atoms with van der Waals surface area (Å²) < 4.78 is 0. The molecule has 1 saturated carbocycles. The van der Waals surface area contributed by atoms with Crippen molar-refractivity contribution in [3.8, 4) is 0 Å². The first-order valence-corrected chi connectivity index (χ1v) is 6.07. The highest BCUT2D eigenvalue weighted by atomic mass is 14.7. The van der Waals surface area contributed by atoms with E-state index in [9.17, 15) is 0 Å². The monoisotopic (exact) mass is 206 g/mol. The summed E-state index contributed by atoms with van der Waals surface area (Å²) in [7, 11) is 0. The highest BCUT2D eigenvalue weighted by Crippen LogP contribution is 2.43. The van der Waals surface area contributed by atoms with Crippen LogP contribution in [-0.2, 0) is 0 Å². The molecule has 0 aliphatic heterocycles. The first-order valence-electron chi connectivity index (χ1n) is 6.07. The minimum atomic E-state index is 0.147. The van der Waals surface area contributed by atoms with E-state index in [1.165, 1.54) is 25.7 Å². The lowest BCUT2D eigenvalue weighted by Gasteiger charge is -2.42. The van der Waals surface area contributed by atoms with Crippen LogP contribution in [0.4, 0.5) is 0 Å². The zero-order valence-electron chi connectivity index (χ0n) is 9.36. The summed E-state index contributed by atoms with van der Waals surface area (Å²) in [6.07, 6.45) is 14.2. The van der Waals surface area contributed by atoms with Crippen molar-refractivity contribution in [1.82, 2.24) is 0 Å². The van der Waals surface area contributed by atoms with Crippen LogP contribution in [0.3, 0.4) is 0 Å². The maximum Gasteiger partial charge on any atom is 0.00849 e. The molecule has 0 aromatic rings. The second-order valence-corrected chi connectivity index (χ2v) is 5.02. The average Bonchev–Trinajstić information content (AvgIpc) is 2.24. The Labute approximate surface area is 92.4 Å². The summed E-state index contributed by atoms with van der Waals surface area (Å²) in [5.41, 5.74) is 12.0. The quantitative estimate of drug-likeness (QED) is 0.737. The van der Waals surface area contributed by atoms with Gasteiger partial charge in [0.1, 0.15) is 0 Å². The molecule has 84 valence electrons. The second kappa shape index (κ2) is 4.50. The van der Waals surface area contributed by atoms with Gasteiger partial charge < -0.3 is 11.5 Å². The van der Waals surface area contributed by atoms with E-state index >= 15 is 0 Å². The molecule has 0 unspecified atom stereocenters. The lowest BCUT2D eigenvalue weighted by atomic mass is 9.64. The lowest BCUT2D eigenvalue weighted by Crippen LogP contribution is -2.42. The largest absolute Gasteiger partial charge is 0.330 e. The van der Waals surface area contributed by atoms with Gasteiger partial charge >= 0.3 is 0 Å². The molecule has 0 aromatic heterocycles. The zero-order chi connectivity index (χ0) is 10.7. The fourth-order valence-electron chi connectivity index (χ4n) is 2.83. The molecule has 2 rings (SSSR count). The molecule has 2 aliphatic rings. The summed E-state index contributed by atoms with van der Waals surface area (Å²) in [5.74, 6) is 1.33. The normalized spacial score (nSPS) is 35.5. The van der Waals surface area contributed by atoms with Crippen molar-refractivity contribution >= 4 is 0 Å². The molecule has 15 heavy (non-hydrogen) atoms. The van der Waals surface area contributed by atoms with Gasteiger partial charge in [-0.2, -0.15) is 0 Å². The summed E-state index contributed by atoms with van der Waals surface area (Å²) in [6.45, 7) is 1.44. The van der Waals surface area contributed by atoms with Gasteiger partial charge in [-0.3, -0.25) is 0 Å². The predicted octanol–water partition coefficient (Wildman–Crippen LogP) is 1.82. The fourth-order valence-corrected chi connectivity index (χ4v) is 2.83. The Morgan fingerprint density at radius 1 is 1.20 bits per heavy atom. The Balaban J connectivity index is 2.10. The molecule has 1 fully saturated rings. The van der Waals surface area contributed by atoms with Crippen molar-refractivity contribution in [3.63, 3.8) is 0 Å². The first-order chi connectivity index (χ1) is 7.30. The molecule has 2 aliphatic carbocycles. The van der Waals surface area contributed by atoms with Gasteiger partial charge in [-0.15, -0.1) is 0 Å². The van der Waals surface area contributed by atoms with Crippen LogP contribution >= 0.6 is 0 Å². The molecule has 2 atom stereocenters. The Morgan fingerprint density at radius 3 is 2.53 bits per heavy atom. The van der Waals surface area contributed by atoms with Crippen molar-refractivity contribution in [2.45, 2.75) is 25.7 Å². The van der Waals surface area contributed by atoms with Gasteiger partial charge in [-0.05, 0) is 24.8 Å². The molecule has 0 heterocycles. The van der Waals surface area contributed by atoms with Gasteiger partial charge in [0, 0.05) is 12.0 Å². The summed E-state index contributed by atoms with van der Waals surface area (Å²) in [4.78, 5) is 0. The van der Waals surface area contributed by atoms with Gasteiger partial charge in [0.05, 0.1) is 0 Å². The van der Waals surface area contributed by atoms with E-state index in [0.29, 0.717) is 12.5 Å². The summed E-state index contributed by atoms with van der Waals surface area (Å²) >= 11 is 0. The number of hydrogen-bond donors (Lipinski definition) is 2. The first kappa shape index (κ1) is 10.9. The van der Waals surface area contributed by atoms with E-state index < -0.39 is 0 Å². The Kier molecular flexibility index (Phi) is 3.27. The molecule has 0 spiro atoms. The van der Waals surface area contributed by atoms with Crippen molar-refractivity contribution in [2.75, 3.05) is 13.1 Å². The van der Waals surface area contributed by atoms with Gasteiger partial charge in [-0.25, -0.2) is 0 Å². The third kappa shape index (κ3) is 2.01. The standard InChI is InChI=1S/C13H22N2/c14-9-12-6-1-2-7-13(12,10-15)8-11-4-3-5-11/h1-2,6-7,11-12H,3-5,8-10,14-15H2/t12-,13+/m0/s1. The van der Waals surface area contributed by atoms with E-state index in [-0.39, 0.29) is 5.41 Å². The van der Waals surface area contributed by atoms with Crippen LogP contribution < -0.4 is 11.5 Å². The molecule has 0 bridgehead atoms. The number of nitrogens with two attached hydrogens (primary N) is 2. The molecule has 2 heteroatoms. The fraction of sp³-hybridized carbons (Fsp3) is 0.692. The van der Waals surface area contributed by atoms with E-state index in [0.717, 1.165) is 12.5 Å². The number of allylic oxidation sites excluding steroid dienone is 2. The molecule has 0 radical (unpaired) electrons. The minimum Gasteiger partial charge on any atom is -0.330 e. The lowest BCUT2D eigenvalue weighted by molar-refractivity contribution is 0.166. The molecule has 0 saturated heterocycles. The third-order valence-corrected chi connectivity index (χ3v) is 4.15. The molecule has 4 N–H and O–H groups in total. The van der Waals surface area contributed by atoms with E-state index in [4.69, 9.17) is 11.5 Å². The van der Waals surface area contributed by atoms with Crippen LogP contribution in [0.25, 0.3) is 0 Å². The number of hydrogen-bond acceptors (Lipinski definition) is 2. The van der Waals surface area contributed by atoms with Crippen molar-refractivity contribution in [3.05, 3.63) is 24.3 Å². The van der Waals surface area contributed by atoms with Crippen LogP contribution in [-0.4, -0.2) is 13.1 Å². The van der Waals surface area contributed by atoms with Crippen LogP contribution in [0.5, 0.6) is 0 Å². The van der Waals surface area contributed by atoms with Crippen molar-refractivity contribution in [2.24, 2.45) is 28.7 Å². The predicted molar refractivity (Wildman–Crippen MR) is 64.3 cm³/mol. The smallest absolute Gasteiger partial charge is 0.00849 e. The molecule has 0 aromatic carbocycles. The van der Waals surface area contributed by atoms with Crippen LogP contribution in [0.1, 0.15) is 25.7 Å². The van der Waals surface area contributed by atoms with E-state index in [1.54, 1.807) is 0 Å². The van der Waals surface area contributed by atoms with Crippen LogP contribution in [0.15, 0.2) is 24.3 Å². The van der Waals surface area contributed by atoms with Crippen LogP contribution in [0, 0.1) is 17.3 Å². The van der Waals surface area contributed by atoms with Gasteiger partial charge in [0.2, 0.25) is 0 Å². The van der Waals surface area contributed by atoms with E-state index in [1.807, 2.05) is 0 Å². The maximum absolute atomic E-state index is 5.99. The molecule has 2 nitrogen and oxygen atoms in total. The highest BCUT2D eigenvalue weighted by molar-refractivity contribution is 5.21. The summed E-state index contributed by atoms with van der Waals surface area (Å²) in [6, 6.07) is 0. The zero-order valence-corrected chi connectivity index (χ0v) is 9.36. The molecular weight excluding hydrogens is 184 g/mol. The maximum atomic E-state index is 5.99. The molecular formula is C13H22N2. The second-order valence-electron chi connectivity index (χ2n) is 5.02. The van der Waals surface area contributed by atoms with E-state index in [2.05, 4.69) is 24.3 Å². The van der Waals surface area contributed by atoms with Crippen molar-refractivity contribution in [1.29, 1.82) is 0 Å². The Morgan fingerprint density at radius 2 is 2.00 bits per heavy atom.